The van der Waals surface area contributed by atoms with Gasteiger partial charge in [-0.3, -0.25) is 19.9 Å². The van der Waals surface area contributed by atoms with Gasteiger partial charge in [0.25, 0.3) is 5.69 Å². The third-order valence-corrected chi connectivity index (χ3v) is 4.42. The lowest BCUT2D eigenvalue weighted by Crippen LogP contribution is -2.32. The van der Waals surface area contributed by atoms with Gasteiger partial charge in [-0.25, -0.2) is 4.68 Å². The summed E-state index contributed by atoms with van der Waals surface area (Å²) in [5, 5.41) is 18.4. The first-order chi connectivity index (χ1) is 13.5. The summed E-state index contributed by atoms with van der Waals surface area (Å²) in [4.78, 5) is 31.3. The normalized spacial score (nSPS) is 15.7. The van der Waals surface area contributed by atoms with Gasteiger partial charge in [-0.05, 0) is 31.2 Å². The molecule has 28 heavy (non-hydrogen) atoms. The average molecular weight is 377 g/mol. The molecule has 10 nitrogen and oxygen atoms in total. The van der Waals surface area contributed by atoms with Crippen molar-refractivity contribution in [3.05, 3.63) is 75.7 Å². The number of allylic oxidation sites excluding steroid dienone is 1. The number of aromatic nitrogens is 4. The van der Waals surface area contributed by atoms with Gasteiger partial charge >= 0.3 is 0 Å². The highest BCUT2D eigenvalue weighted by molar-refractivity contribution is 5.95. The molecule has 140 valence electrons. The number of nitrogens with one attached hydrogen (secondary N) is 1. The van der Waals surface area contributed by atoms with Crippen LogP contribution in [0.15, 0.2) is 59.9 Å². The zero-order valence-corrected chi connectivity index (χ0v) is 14.7. The predicted molar refractivity (Wildman–Crippen MR) is 100 cm³/mol. The molecule has 0 saturated heterocycles. The molecule has 1 unspecified atom stereocenters. The second-order valence-electron chi connectivity index (χ2n) is 6.19. The molecule has 10 heteroatoms. The predicted octanol–water partition coefficient (Wildman–Crippen LogP) is 2.02. The maximum absolute atomic E-state index is 12.1. The number of fused-ring (bicyclic) bond motifs is 1. The minimum absolute atomic E-state index is 0.0225. The fourth-order valence-electron chi connectivity index (χ4n) is 3.14. The molecule has 0 spiro atoms. The number of nitrogens with zero attached hydrogens (tertiary/aromatic N) is 5. The number of hydrogen-bond acceptors (Lipinski definition) is 7. The summed E-state index contributed by atoms with van der Waals surface area (Å²) in [6, 6.07) is 10.7. The van der Waals surface area contributed by atoms with E-state index < -0.39 is 16.9 Å². The number of benzene rings is 1. The molecule has 1 aromatic carbocycles. The smallest absolute Gasteiger partial charge is 0.269 e. The van der Waals surface area contributed by atoms with Gasteiger partial charge in [0, 0.05) is 29.6 Å². The van der Waals surface area contributed by atoms with Gasteiger partial charge < -0.3 is 11.1 Å². The van der Waals surface area contributed by atoms with E-state index >= 15 is 0 Å². The van der Waals surface area contributed by atoms with Gasteiger partial charge in [0.2, 0.25) is 11.9 Å². The molecule has 0 radical (unpaired) electrons. The van der Waals surface area contributed by atoms with Crippen LogP contribution in [0.5, 0.6) is 0 Å². The molecule has 2 aromatic heterocycles. The van der Waals surface area contributed by atoms with E-state index in [0.717, 1.165) is 0 Å². The Morgan fingerprint density at radius 1 is 1.25 bits per heavy atom. The summed E-state index contributed by atoms with van der Waals surface area (Å²) in [5.74, 6) is 0.196. The summed E-state index contributed by atoms with van der Waals surface area (Å²) in [6.45, 7) is 1.74. The van der Waals surface area contributed by atoms with Crippen LogP contribution in [-0.4, -0.2) is 30.6 Å². The highest BCUT2D eigenvalue weighted by Crippen LogP contribution is 2.35. The van der Waals surface area contributed by atoms with Crippen molar-refractivity contribution in [2.24, 2.45) is 5.73 Å². The standard InChI is InChI=1S/C18H15N7O3/c1-10-14(16(19)26)15(13-4-2-3-9-20-13)24-18(21-10)22-17(23-24)11-5-7-12(8-6-11)25(27)28/h2-9,15H,1H3,(H2,19,26)(H,21,22,23). The van der Waals surface area contributed by atoms with Gasteiger partial charge in [-0.15, -0.1) is 5.10 Å². The maximum atomic E-state index is 12.1. The first-order valence-electron chi connectivity index (χ1n) is 8.35. The number of nitro benzene ring substituents is 1. The Balaban J connectivity index is 1.82. The summed E-state index contributed by atoms with van der Waals surface area (Å²) < 4.78 is 1.55. The van der Waals surface area contributed by atoms with Crippen LogP contribution < -0.4 is 11.1 Å². The Hall–Kier alpha value is -4.08. The molecular weight excluding hydrogens is 362 g/mol. The molecule has 0 saturated carbocycles. The van der Waals surface area contributed by atoms with Crippen molar-refractivity contribution in [3.63, 3.8) is 0 Å². The maximum Gasteiger partial charge on any atom is 0.269 e. The summed E-state index contributed by atoms with van der Waals surface area (Å²) >= 11 is 0. The highest BCUT2D eigenvalue weighted by atomic mass is 16.6. The minimum Gasteiger partial charge on any atom is -0.366 e. The quantitative estimate of drug-likeness (QED) is 0.523. The number of amides is 1. The molecule has 4 rings (SSSR count). The number of nitrogens with two attached hydrogens (primary N) is 1. The van der Waals surface area contributed by atoms with Gasteiger partial charge in [-0.1, -0.05) is 6.07 Å². The fourth-order valence-corrected chi connectivity index (χ4v) is 3.14. The summed E-state index contributed by atoms with van der Waals surface area (Å²) in [7, 11) is 0. The van der Waals surface area contributed by atoms with Crippen LogP contribution >= 0.6 is 0 Å². The monoisotopic (exact) mass is 377 g/mol. The van der Waals surface area contributed by atoms with E-state index in [1.165, 1.54) is 12.1 Å². The van der Waals surface area contributed by atoms with Crippen molar-refractivity contribution in [2.75, 3.05) is 5.32 Å². The topological polar surface area (TPSA) is 142 Å². The molecule has 0 fully saturated rings. The van der Waals surface area contributed by atoms with E-state index in [1.54, 1.807) is 42.1 Å². The lowest BCUT2D eigenvalue weighted by Gasteiger charge is -2.26. The first-order valence-corrected chi connectivity index (χ1v) is 8.35. The second kappa shape index (κ2) is 6.58. The van der Waals surface area contributed by atoms with E-state index in [-0.39, 0.29) is 5.69 Å². The Bertz CT molecular complexity index is 1100. The lowest BCUT2D eigenvalue weighted by molar-refractivity contribution is -0.384. The Morgan fingerprint density at radius 2 is 2.00 bits per heavy atom. The van der Waals surface area contributed by atoms with E-state index in [0.29, 0.717) is 34.3 Å². The van der Waals surface area contributed by atoms with Crippen molar-refractivity contribution >= 4 is 17.5 Å². The molecule has 1 amide bonds. The first kappa shape index (κ1) is 17.3. The van der Waals surface area contributed by atoms with Crippen LogP contribution in [0.25, 0.3) is 11.4 Å². The van der Waals surface area contributed by atoms with E-state index in [9.17, 15) is 14.9 Å². The second-order valence-corrected chi connectivity index (χ2v) is 6.19. The molecule has 3 N–H and O–H groups in total. The molecule has 1 aliphatic heterocycles. The number of rotatable bonds is 4. The van der Waals surface area contributed by atoms with Gasteiger partial charge in [-0.2, -0.15) is 4.98 Å². The highest BCUT2D eigenvalue weighted by Gasteiger charge is 2.34. The van der Waals surface area contributed by atoms with Crippen LogP contribution in [0.3, 0.4) is 0 Å². The molecule has 0 bridgehead atoms. The largest absolute Gasteiger partial charge is 0.366 e. The molecular formula is C18H15N7O3. The number of hydrogen-bond donors (Lipinski definition) is 2. The van der Waals surface area contributed by atoms with E-state index in [4.69, 9.17) is 5.73 Å². The fraction of sp³-hybridized carbons (Fsp3) is 0.111. The third kappa shape index (κ3) is 2.86. The number of non-ortho nitro benzene ring substituents is 1. The van der Waals surface area contributed by atoms with Gasteiger partial charge in [0.1, 0.15) is 6.04 Å². The SMILES string of the molecule is CC1=C(C(N)=O)C(c2ccccn2)n2nc(-c3ccc([N+](=O)[O-])cc3)nc2N1. The Morgan fingerprint density at radius 3 is 2.61 bits per heavy atom. The minimum atomic E-state index is -0.630. The summed E-state index contributed by atoms with van der Waals surface area (Å²) in [6.07, 6.45) is 1.62. The third-order valence-electron chi connectivity index (χ3n) is 4.42. The number of primary amides is 1. The molecule has 1 atom stereocenters. The van der Waals surface area contributed by atoms with Crippen LogP contribution in [0.1, 0.15) is 18.7 Å². The molecule has 3 heterocycles. The van der Waals surface area contributed by atoms with Crippen molar-refractivity contribution in [1.82, 2.24) is 19.7 Å². The average Bonchev–Trinajstić information content (AvgIpc) is 3.11. The Labute approximate surface area is 158 Å². The number of carbonyl (C=O) groups is 1. The Kier molecular flexibility index (Phi) is 4.07. The van der Waals surface area contributed by atoms with Crippen molar-refractivity contribution in [2.45, 2.75) is 13.0 Å². The number of anilines is 1. The number of nitro groups is 1. The lowest BCUT2D eigenvalue weighted by atomic mass is 9.99. The van der Waals surface area contributed by atoms with Crippen LogP contribution in [0.4, 0.5) is 11.6 Å². The number of carbonyl (C=O) groups excluding carboxylic acids is 1. The summed E-state index contributed by atoms with van der Waals surface area (Å²) in [5.41, 5.74) is 7.70. The van der Waals surface area contributed by atoms with Crippen molar-refractivity contribution in [3.8, 4) is 11.4 Å². The zero-order chi connectivity index (χ0) is 19.8. The van der Waals surface area contributed by atoms with Crippen molar-refractivity contribution in [1.29, 1.82) is 0 Å². The van der Waals surface area contributed by atoms with Gasteiger partial charge in [0.15, 0.2) is 5.82 Å². The van der Waals surface area contributed by atoms with E-state index in [1.807, 2.05) is 6.07 Å². The van der Waals surface area contributed by atoms with Crippen LogP contribution in [0.2, 0.25) is 0 Å². The van der Waals surface area contributed by atoms with Crippen LogP contribution in [-0.2, 0) is 4.79 Å². The zero-order valence-electron chi connectivity index (χ0n) is 14.7. The van der Waals surface area contributed by atoms with Gasteiger partial charge in [0.05, 0.1) is 16.2 Å². The number of pyridine rings is 1. The van der Waals surface area contributed by atoms with Crippen molar-refractivity contribution < 1.29 is 9.72 Å². The molecule has 3 aromatic rings. The van der Waals surface area contributed by atoms with E-state index in [2.05, 4.69) is 20.4 Å². The molecule has 0 aliphatic carbocycles. The molecule has 1 aliphatic rings. The van der Waals surface area contributed by atoms with Crippen LogP contribution in [0, 0.1) is 10.1 Å².